The zero-order chi connectivity index (χ0) is 18.6. The van der Waals surface area contributed by atoms with Crippen molar-refractivity contribution in [3.63, 3.8) is 0 Å². The quantitative estimate of drug-likeness (QED) is 0.252. The van der Waals surface area contributed by atoms with E-state index in [9.17, 15) is 4.79 Å². The Labute approximate surface area is 151 Å². The minimum Gasteiger partial charge on any atom is -0.405 e. The van der Waals surface area contributed by atoms with Gasteiger partial charge in [0.15, 0.2) is 8.32 Å². The minimum absolute atomic E-state index is 0.0916. The zero-order valence-corrected chi connectivity index (χ0v) is 18.0. The lowest BCUT2D eigenvalue weighted by Crippen LogP contribution is -2.47. The van der Waals surface area contributed by atoms with Gasteiger partial charge in [-0.3, -0.25) is 4.79 Å². The Kier molecular flexibility index (Phi) is 11.6. The molecule has 0 spiro atoms. The fourth-order valence-electron chi connectivity index (χ4n) is 2.32. The third-order valence-corrected chi connectivity index (χ3v) is 9.53. The van der Waals surface area contributed by atoms with E-state index in [0.717, 1.165) is 12.8 Å². The van der Waals surface area contributed by atoms with Crippen molar-refractivity contribution < 1.29 is 9.22 Å². The summed E-state index contributed by atoms with van der Waals surface area (Å²) in [5.74, 6) is -0.329. The first-order valence-electron chi connectivity index (χ1n) is 9.74. The molecule has 0 aliphatic rings. The van der Waals surface area contributed by atoms with Gasteiger partial charge in [-0.05, 0) is 43.8 Å². The highest BCUT2D eigenvalue weighted by atomic mass is 28.4. The molecular formula is C20H41NO2Si. The predicted molar refractivity (Wildman–Crippen MR) is 108 cm³/mol. The summed E-state index contributed by atoms with van der Waals surface area (Å²) in [6.45, 7) is 13.1. The summed E-state index contributed by atoms with van der Waals surface area (Å²) in [4.78, 5) is 11.7. The van der Waals surface area contributed by atoms with Crippen molar-refractivity contribution in [2.24, 2.45) is 5.73 Å². The van der Waals surface area contributed by atoms with Gasteiger partial charge in [-0.25, -0.2) is 0 Å². The number of primary amides is 1. The molecule has 0 radical (unpaired) electrons. The Morgan fingerprint density at radius 1 is 1.04 bits per heavy atom. The third kappa shape index (κ3) is 10.3. The first-order chi connectivity index (χ1) is 11.1. The molecule has 1 atom stereocenters. The van der Waals surface area contributed by atoms with Crippen LogP contribution in [-0.2, 0) is 9.22 Å². The molecule has 0 rings (SSSR count). The molecule has 0 aliphatic heterocycles. The molecule has 1 amide bonds. The average Bonchev–Trinajstić information content (AvgIpc) is 2.46. The maximum atomic E-state index is 11.7. The van der Waals surface area contributed by atoms with E-state index in [-0.39, 0.29) is 10.9 Å². The van der Waals surface area contributed by atoms with Gasteiger partial charge in [0, 0.05) is 0 Å². The van der Waals surface area contributed by atoms with Crippen LogP contribution in [0, 0.1) is 0 Å². The number of carbonyl (C=O) groups is 1. The van der Waals surface area contributed by atoms with Crippen molar-refractivity contribution in [2.45, 2.75) is 110 Å². The van der Waals surface area contributed by atoms with Crippen LogP contribution in [0.2, 0.25) is 18.1 Å². The normalized spacial score (nSPS) is 14.2. The molecule has 0 bridgehead atoms. The van der Waals surface area contributed by atoms with E-state index in [2.05, 4.69) is 52.9 Å². The SMILES string of the molecule is CCCCCCCC/C=C/CC[C@@H](O[Si](C)(C)C(C)(C)C)C(N)=O. The number of hydrogen-bond acceptors (Lipinski definition) is 2. The van der Waals surface area contributed by atoms with Gasteiger partial charge in [0.25, 0.3) is 0 Å². The van der Waals surface area contributed by atoms with Gasteiger partial charge in [-0.2, -0.15) is 0 Å². The number of allylic oxidation sites excluding steroid dienone is 2. The van der Waals surface area contributed by atoms with Crippen molar-refractivity contribution in [1.29, 1.82) is 0 Å². The van der Waals surface area contributed by atoms with Gasteiger partial charge in [-0.1, -0.05) is 72.0 Å². The van der Waals surface area contributed by atoms with Crippen molar-refractivity contribution in [3.8, 4) is 0 Å². The first kappa shape index (κ1) is 23.4. The largest absolute Gasteiger partial charge is 0.405 e. The topological polar surface area (TPSA) is 52.3 Å². The van der Waals surface area contributed by atoms with Gasteiger partial charge in [0.1, 0.15) is 6.10 Å². The molecule has 0 heterocycles. The maximum Gasteiger partial charge on any atom is 0.245 e. The fraction of sp³-hybridized carbons (Fsp3) is 0.850. The molecular weight excluding hydrogens is 314 g/mol. The van der Waals surface area contributed by atoms with Crippen LogP contribution < -0.4 is 5.73 Å². The highest BCUT2D eigenvalue weighted by Crippen LogP contribution is 2.37. The summed E-state index contributed by atoms with van der Waals surface area (Å²) in [5.41, 5.74) is 5.54. The third-order valence-electron chi connectivity index (χ3n) is 5.05. The van der Waals surface area contributed by atoms with E-state index in [0.29, 0.717) is 6.42 Å². The highest BCUT2D eigenvalue weighted by molar-refractivity contribution is 6.74. The van der Waals surface area contributed by atoms with E-state index in [4.69, 9.17) is 10.2 Å². The van der Waals surface area contributed by atoms with Crippen LogP contribution in [0.1, 0.15) is 85.5 Å². The van der Waals surface area contributed by atoms with Crippen LogP contribution in [0.4, 0.5) is 0 Å². The van der Waals surface area contributed by atoms with Crippen molar-refractivity contribution in [1.82, 2.24) is 0 Å². The summed E-state index contributed by atoms with van der Waals surface area (Å²) in [6.07, 6.45) is 14.6. The molecule has 3 nitrogen and oxygen atoms in total. The van der Waals surface area contributed by atoms with Crippen LogP contribution in [0.15, 0.2) is 12.2 Å². The van der Waals surface area contributed by atoms with E-state index in [1.54, 1.807) is 0 Å². The van der Waals surface area contributed by atoms with Gasteiger partial charge in [-0.15, -0.1) is 0 Å². The number of carbonyl (C=O) groups excluding carboxylic acids is 1. The minimum atomic E-state index is -1.95. The Bertz CT molecular complexity index is 372. The molecule has 0 aromatic heterocycles. The summed E-state index contributed by atoms with van der Waals surface area (Å²) in [6, 6.07) is 0. The summed E-state index contributed by atoms with van der Waals surface area (Å²) < 4.78 is 6.18. The molecule has 0 unspecified atom stereocenters. The monoisotopic (exact) mass is 355 g/mol. The second kappa shape index (κ2) is 11.9. The van der Waals surface area contributed by atoms with Crippen LogP contribution in [-0.4, -0.2) is 20.3 Å². The van der Waals surface area contributed by atoms with Gasteiger partial charge < -0.3 is 10.2 Å². The van der Waals surface area contributed by atoms with Crippen molar-refractivity contribution in [3.05, 3.63) is 12.2 Å². The van der Waals surface area contributed by atoms with Crippen LogP contribution in [0.3, 0.4) is 0 Å². The summed E-state index contributed by atoms with van der Waals surface area (Å²) in [5, 5.41) is 0.0916. The molecule has 142 valence electrons. The fourth-order valence-corrected chi connectivity index (χ4v) is 3.62. The van der Waals surface area contributed by atoms with Crippen LogP contribution in [0.25, 0.3) is 0 Å². The van der Waals surface area contributed by atoms with Crippen LogP contribution in [0.5, 0.6) is 0 Å². The zero-order valence-electron chi connectivity index (χ0n) is 17.0. The molecule has 24 heavy (non-hydrogen) atoms. The molecule has 2 N–H and O–H groups in total. The number of amides is 1. The van der Waals surface area contributed by atoms with Gasteiger partial charge in [0.05, 0.1) is 0 Å². The summed E-state index contributed by atoms with van der Waals surface area (Å²) >= 11 is 0. The maximum absolute atomic E-state index is 11.7. The summed E-state index contributed by atoms with van der Waals surface area (Å²) in [7, 11) is -1.95. The van der Waals surface area contributed by atoms with Gasteiger partial charge in [0.2, 0.25) is 5.91 Å². The Morgan fingerprint density at radius 2 is 1.58 bits per heavy atom. The lowest BCUT2D eigenvalue weighted by molar-refractivity contribution is -0.125. The molecule has 0 aliphatic carbocycles. The molecule has 0 aromatic carbocycles. The molecule has 0 aromatic rings. The Hall–Kier alpha value is -0.613. The van der Waals surface area contributed by atoms with E-state index in [1.807, 2.05) is 0 Å². The Morgan fingerprint density at radius 3 is 2.12 bits per heavy atom. The highest BCUT2D eigenvalue weighted by Gasteiger charge is 2.40. The van der Waals surface area contributed by atoms with Crippen molar-refractivity contribution >= 4 is 14.2 Å². The molecule has 0 saturated heterocycles. The standard InChI is InChI=1S/C20H41NO2Si/c1-7-8-9-10-11-12-13-14-15-16-17-18(19(21)22)23-24(5,6)20(2,3)4/h14-15,18H,7-13,16-17H2,1-6H3,(H2,21,22)/b15-14+/t18-/m1/s1. The first-order valence-corrected chi connectivity index (χ1v) is 12.6. The second-order valence-electron chi connectivity index (χ2n) is 8.37. The van der Waals surface area contributed by atoms with E-state index < -0.39 is 14.4 Å². The van der Waals surface area contributed by atoms with Gasteiger partial charge >= 0.3 is 0 Å². The van der Waals surface area contributed by atoms with E-state index in [1.165, 1.54) is 38.5 Å². The van der Waals surface area contributed by atoms with Crippen molar-refractivity contribution in [2.75, 3.05) is 0 Å². The average molecular weight is 356 g/mol. The lowest BCUT2D eigenvalue weighted by atomic mass is 10.1. The second-order valence-corrected chi connectivity index (χ2v) is 13.1. The molecule has 0 saturated carbocycles. The smallest absolute Gasteiger partial charge is 0.245 e. The molecule has 4 heteroatoms. The number of rotatable bonds is 13. The molecule has 0 fully saturated rings. The predicted octanol–water partition coefficient (Wildman–Crippen LogP) is 5.95. The lowest BCUT2D eigenvalue weighted by Gasteiger charge is -2.38. The number of hydrogen-bond donors (Lipinski definition) is 1. The number of nitrogens with two attached hydrogens (primary N) is 1. The Balaban J connectivity index is 4.07. The van der Waals surface area contributed by atoms with Crippen LogP contribution >= 0.6 is 0 Å². The number of unbranched alkanes of at least 4 members (excludes halogenated alkanes) is 6. The van der Waals surface area contributed by atoms with E-state index >= 15 is 0 Å².